The maximum Gasteiger partial charge on any atom is 0.335 e. The van der Waals surface area contributed by atoms with Crippen molar-refractivity contribution in [2.75, 3.05) is 12.4 Å². The first kappa shape index (κ1) is 19.0. The molecule has 2 aromatic rings. The molecule has 0 heterocycles. The second-order valence-electron chi connectivity index (χ2n) is 5.06. The van der Waals surface area contributed by atoms with Crippen molar-refractivity contribution < 1.29 is 24.5 Å². The van der Waals surface area contributed by atoms with Crippen LogP contribution in [-0.2, 0) is 4.79 Å². The first-order chi connectivity index (χ1) is 12.3. The van der Waals surface area contributed by atoms with Crippen molar-refractivity contribution in [1.29, 1.82) is 5.26 Å². The molecule has 0 aromatic heterocycles. The van der Waals surface area contributed by atoms with Crippen molar-refractivity contribution in [1.82, 2.24) is 0 Å². The molecular weight excluding hydrogens is 404 g/mol. The van der Waals surface area contributed by atoms with Crippen LogP contribution in [0.2, 0.25) is 0 Å². The lowest BCUT2D eigenvalue weighted by atomic mass is 10.1. The number of benzene rings is 2. The second-order valence-corrected chi connectivity index (χ2v) is 5.91. The summed E-state index contributed by atoms with van der Waals surface area (Å²) in [6.45, 7) is 0. The Morgan fingerprint density at radius 2 is 2.04 bits per heavy atom. The number of carboxylic acid groups (broad SMARTS) is 1. The highest BCUT2D eigenvalue weighted by Crippen LogP contribution is 2.33. The molecule has 0 aliphatic carbocycles. The molecule has 0 saturated carbocycles. The Bertz CT molecular complexity index is 947. The predicted octanol–water partition coefficient (Wildman–Crippen LogP) is 3.41. The molecule has 0 unspecified atom stereocenters. The number of halogens is 1. The molecule has 0 bridgehead atoms. The minimum absolute atomic E-state index is 0.0105. The molecule has 0 radical (unpaired) electrons. The summed E-state index contributed by atoms with van der Waals surface area (Å²) in [4.78, 5) is 23.3. The van der Waals surface area contributed by atoms with E-state index in [0.29, 0.717) is 10.0 Å². The quantitative estimate of drug-likeness (QED) is 0.507. The van der Waals surface area contributed by atoms with Gasteiger partial charge in [-0.25, -0.2) is 4.79 Å². The summed E-state index contributed by atoms with van der Waals surface area (Å²) in [5, 5.41) is 30.5. The average Bonchev–Trinajstić information content (AvgIpc) is 2.61. The van der Waals surface area contributed by atoms with Crippen LogP contribution in [0, 0.1) is 11.3 Å². The van der Waals surface area contributed by atoms with Crippen molar-refractivity contribution in [3.8, 4) is 17.6 Å². The molecule has 2 rings (SSSR count). The maximum atomic E-state index is 12.3. The van der Waals surface area contributed by atoms with Crippen LogP contribution in [0.15, 0.2) is 46.4 Å². The van der Waals surface area contributed by atoms with E-state index in [1.165, 1.54) is 49.6 Å². The average molecular weight is 417 g/mol. The van der Waals surface area contributed by atoms with Gasteiger partial charge in [-0.3, -0.25) is 4.79 Å². The highest BCUT2D eigenvalue weighted by molar-refractivity contribution is 9.10. The van der Waals surface area contributed by atoms with Crippen LogP contribution in [0.5, 0.6) is 11.5 Å². The maximum absolute atomic E-state index is 12.3. The highest BCUT2D eigenvalue weighted by Gasteiger charge is 2.13. The molecule has 0 atom stereocenters. The van der Waals surface area contributed by atoms with E-state index < -0.39 is 11.9 Å². The van der Waals surface area contributed by atoms with Gasteiger partial charge in [0.1, 0.15) is 11.6 Å². The van der Waals surface area contributed by atoms with Gasteiger partial charge in [0.2, 0.25) is 0 Å². The molecule has 0 fully saturated rings. The SMILES string of the molecule is COc1cc(/C=C(/C#N)C(=O)Nc2cccc(C(=O)O)c2)c(Br)cc1O. The number of nitrogens with zero attached hydrogens (tertiary/aromatic N) is 1. The summed E-state index contributed by atoms with van der Waals surface area (Å²) >= 11 is 3.24. The van der Waals surface area contributed by atoms with Crippen LogP contribution in [-0.4, -0.2) is 29.2 Å². The Kier molecular flexibility index (Phi) is 5.98. The Morgan fingerprint density at radius 3 is 2.65 bits per heavy atom. The largest absolute Gasteiger partial charge is 0.504 e. The van der Waals surface area contributed by atoms with E-state index in [0.717, 1.165) is 0 Å². The normalized spacial score (nSPS) is 10.7. The number of anilines is 1. The van der Waals surface area contributed by atoms with Crippen molar-refractivity contribution >= 4 is 39.6 Å². The van der Waals surface area contributed by atoms with Gasteiger partial charge in [0, 0.05) is 10.2 Å². The molecule has 0 spiro atoms. The Morgan fingerprint density at radius 1 is 1.31 bits per heavy atom. The highest BCUT2D eigenvalue weighted by atomic mass is 79.9. The number of aromatic hydroxyl groups is 1. The van der Waals surface area contributed by atoms with E-state index in [1.54, 1.807) is 6.07 Å². The lowest BCUT2D eigenvalue weighted by Gasteiger charge is -2.08. The third-order valence-corrected chi connectivity index (χ3v) is 4.02. The van der Waals surface area contributed by atoms with Gasteiger partial charge in [-0.05, 0) is 42.0 Å². The van der Waals surface area contributed by atoms with Crippen molar-refractivity contribution in [3.63, 3.8) is 0 Å². The summed E-state index contributed by atoms with van der Waals surface area (Å²) in [6, 6.07) is 10.3. The van der Waals surface area contributed by atoms with Crippen LogP contribution < -0.4 is 10.1 Å². The fourth-order valence-electron chi connectivity index (χ4n) is 2.07. The third-order valence-electron chi connectivity index (χ3n) is 3.33. The van der Waals surface area contributed by atoms with Crippen LogP contribution in [0.3, 0.4) is 0 Å². The van der Waals surface area contributed by atoms with E-state index in [-0.39, 0.29) is 28.3 Å². The topological polar surface area (TPSA) is 120 Å². The lowest BCUT2D eigenvalue weighted by Crippen LogP contribution is -2.14. The zero-order valence-electron chi connectivity index (χ0n) is 13.5. The molecule has 7 nitrogen and oxygen atoms in total. The van der Waals surface area contributed by atoms with Gasteiger partial charge >= 0.3 is 5.97 Å². The summed E-state index contributed by atoms with van der Waals surface area (Å²) in [5.41, 5.74) is 0.500. The van der Waals surface area contributed by atoms with Gasteiger partial charge in [-0.15, -0.1) is 0 Å². The Hall–Kier alpha value is -3.31. The fourth-order valence-corrected chi connectivity index (χ4v) is 2.51. The molecule has 8 heteroatoms. The van der Waals surface area contributed by atoms with E-state index in [2.05, 4.69) is 21.2 Å². The number of rotatable bonds is 5. The van der Waals surface area contributed by atoms with E-state index in [4.69, 9.17) is 9.84 Å². The molecule has 2 aromatic carbocycles. The number of hydrogen-bond acceptors (Lipinski definition) is 5. The molecule has 0 aliphatic rings. The van der Waals surface area contributed by atoms with Crippen LogP contribution in [0.4, 0.5) is 5.69 Å². The van der Waals surface area contributed by atoms with Gasteiger partial charge in [0.05, 0.1) is 12.7 Å². The first-order valence-electron chi connectivity index (χ1n) is 7.18. The van der Waals surface area contributed by atoms with E-state index in [1.807, 2.05) is 0 Å². The number of methoxy groups -OCH3 is 1. The number of carboxylic acids is 1. The molecule has 26 heavy (non-hydrogen) atoms. The first-order valence-corrected chi connectivity index (χ1v) is 7.98. The summed E-state index contributed by atoms with van der Waals surface area (Å²) < 4.78 is 5.47. The number of phenolic OH excluding ortho intramolecular Hbond substituents is 1. The molecule has 1 amide bonds. The Labute approximate surface area is 157 Å². The van der Waals surface area contributed by atoms with Gasteiger partial charge in [0.15, 0.2) is 11.5 Å². The van der Waals surface area contributed by atoms with Gasteiger partial charge in [-0.1, -0.05) is 22.0 Å². The summed E-state index contributed by atoms with van der Waals surface area (Å²) in [7, 11) is 1.38. The zero-order valence-corrected chi connectivity index (χ0v) is 15.1. The monoisotopic (exact) mass is 416 g/mol. The number of aromatic carboxylic acids is 1. The van der Waals surface area contributed by atoms with Gasteiger partial charge in [0.25, 0.3) is 5.91 Å². The standard InChI is InChI=1S/C18H13BrN2O5/c1-26-16-7-11(14(19)8-15(16)22)5-12(9-20)17(23)21-13-4-2-3-10(6-13)18(24)25/h2-8,22H,1H3,(H,21,23)(H,24,25)/b12-5-. The number of amides is 1. The van der Waals surface area contributed by atoms with E-state index >= 15 is 0 Å². The molecule has 0 saturated heterocycles. The van der Waals surface area contributed by atoms with Crippen LogP contribution in [0.25, 0.3) is 6.08 Å². The van der Waals surface area contributed by atoms with Crippen molar-refractivity contribution in [2.45, 2.75) is 0 Å². The number of nitrogens with one attached hydrogen (secondary N) is 1. The number of phenols is 1. The Balaban J connectivity index is 2.32. The van der Waals surface area contributed by atoms with Crippen LogP contribution >= 0.6 is 15.9 Å². The fraction of sp³-hybridized carbons (Fsp3) is 0.0556. The third kappa shape index (κ3) is 4.40. The summed E-state index contributed by atoms with van der Waals surface area (Å²) in [6.07, 6.45) is 1.32. The van der Waals surface area contributed by atoms with Crippen molar-refractivity contribution in [3.05, 3.63) is 57.6 Å². The number of carbonyl (C=O) groups is 2. The van der Waals surface area contributed by atoms with Crippen molar-refractivity contribution in [2.24, 2.45) is 0 Å². The summed E-state index contributed by atoms with van der Waals surface area (Å²) in [5.74, 6) is -1.73. The molecular formula is C18H13BrN2O5. The molecule has 132 valence electrons. The number of carbonyl (C=O) groups excluding carboxylic acids is 1. The second kappa shape index (κ2) is 8.18. The number of hydrogen-bond donors (Lipinski definition) is 3. The number of nitriles is 1. The zero-order chi connectivity index (χ0) is 19.3. The minimum atomic E-state index is -1.13. The minimum Gasteiger partial charge on any atom is -0.504 e. The lowest BCUT2D eigenvalue weighted by molar-refractivity contribution is -0.112. The molecule has 0 aliphatic heterocycles. The smallest absolute Gasteiger partial charge is 0.335 e. The number of ether oxygens (including phenoxy) is 1. The van der Waals surface area contributed by atoms with Crippen LogP contribution in [0.1, 0.15) is 15.9 Å². The predicted molar refractivity (Wildman–Crippen MR) is 98.0 cm³/mol. The van der Waals surface area contributed by atoms with Gasteiger partial charge in [-0.2, -0.15) is 5.26 Å². The van der Waals surface area contributed by atoms with E-state index in [9.17, 15) is 20.0 Å². The van der Waals surface area contributed by atoms with Gasteiger partial charge < -0.3 is 20.3 Å². The molecule has 3 N–H and O–H groups in total.